The molecule has 0 saturated heterocycles. The first-order chi connectivity index (χ1) is 10.1. The highest BCUT2D eigenvalue weighted by molar-refractivity contribution is 6.58. The second-order valence-corrected chi connectivity index (χ2v) is 5.01. The summed E-state index contributed by atoms with van der Waals surface area (Å²) in [5.74, 6) is 0.943. The summed E-state index contributed by atoms with van der Waals surface area (Å²) < 4.78 is 10.9. The van der Waals surface area contributed by atoms with Gasteiger partial charge in [-0.1, -0.05) is 41.4 Å². The van der Waals surface area contributed by atoms with Crippen molar-refractivity contribution in [3.63, 3.8) is 0 Å². The predicted octanol–water partition coefficient (Wildman–Crippen LogP) is 2.13. The van der Waals surface area contributed by atoms with Gasteiger partial charge in [0.2, 0.25) is 0 Å². The van der Waals surface area contributed by atoms with Crippen LogP contribution in [-0.2, 0) is 0 Å². The number of hydrogen-bond acceptors (Lipinski definition) is 4. The summed E-state index contributed by atoms with van der Waals surface area (Å²) in [5, 5.41) is 19.0. The van der Waals surface area contributed by atoms with E-state index in [2.05, 4.69) is 0 Å². The van der Waals surface area contributed by atoms with Gasteiger partial charge in [0, 0.05) is 0 Å². The third-order valence-corrected chi connectivity index (χ3v) is 3.27. The molecule has 21 heavy (non-hydrogen) atoms. The van der Waals surface area contributed by atoms with E-state index in [1.165, 1.54) is 0 Å². The Kier molecular flexibility index (Phi) is 5.76. The Morgan fingerprint density at radius 3 is 2.19 bits per heavy atom. The quantitative estimate of drug-likeness (QED) is 0.630. The van der Waals surface area contributed by atoms with E-state index in [1.54, 1.807) is 42.5 Å². The van der Waals surface area contributed by atoms with E-state index in [0.29, 0.717) is 27.0 Å². The van der Waals surface area contributed by atoms with Crippen LogP contribution in [0.5, 0.6) is 11.5 Å². The molecule has 2 rings (SSSR count). The smallest absolute Gasteiger partial charge is 0.488 e. The molecule has 110 valence electrons. The lowest BCUT2D eigenvalue weighted by atomic mass is 9.80. The number of para-hydroxylation sites is 1. The lowest BCUT2D eigenvalue weighted by Crippen LogP contribution is -2.29. The predicted molar refractivity (Wildman–Crippen MR) is 83.7 cm³/mol. The molecule has 0 saturated carbocycles. The maximum Gasteiger partial charge on any atom is 0.488 e. The van der Waals surface area contributed by atoms with E-state index in [1.807, 2.05) is 0 Å². The number of hydrogen-bond donors (Lipinski definition) is 2. The number of ether oxygens (including phenoxy) is 2. The minimum Gasteiger partial charge on any atom is -0.490 e. The number of rotatable bonds is 6. The molecule has 0 aliphatic carbocycles. The summed E-state index contributed by atoms with van der Waals surface area (Å²) >= 11 is 12.0. The minimum atomic E-state index is -1.52. The van der Waals surface area contributed by atoms with Gasteiger partial charge in [-0.25, -0.2) is 0 Å². The highest BCUT2D eigenvalue weighted by atomic mass is 35.5. The Morgan fingerprint density at radius 1 is 0.905 bits per heavy atom. The average Bonchev–Trinajstić information content (AvgIpc) is 2.46. The molecule has 2 N–H and O–H groups in total. The van der Waals surface area contributed by atoms with Gasteiger partial charge in [0.25, 0.3) is 0 Å². The van der Waals surface area contributed by atoms with Crippen molar-refractivity contribution in [1.29, 1.82) is 0 Å². The van der Waals surface area contributed by atoms with E-state index < -0.39 is 7.12 Å². The molecule has 7 heteroatoms. The summed E-state index contributed by atoms with van der Waals surface area (Å²) in [6.07, 6.45) is 0. The van der Waals surface area contributed by atoms with E-state index in [4.69, 9.17) is 42.7 Å². The van der Waals surface area contributed by atoms with Crippen LogP contribution in [0.3, 0.4) is 0 Å². The zero-order chi connectivity index (χ0) is 15.2. The van der Waals surface area contributed by atoms with Gasteiger partial charge in [-0.2, -0.15) is 0 Å². The van der Waals surface area contributed by atoms with Gasteiger partial charge in [-0.05, 0) is 29.7 Å². The summed E-state index contributed by atoms with van der Waals surface area (Å²) in [6, 6.07) is 11.7. The van der Waals surface area contributed by atoms with E-state index >= 15 is 0 Å². The average molecular weight is 327 g/mol. The van der Waals surface area contributed by atoms with Crippen molar-refractivity contribution in [3.8, 4) is 11.5 Å². The highest BCUT2D eigenvalue weighted by Gasteiger charge is 2.11. The molecule has 0 heterocycles. The van der Waals surface area contributed by atoms with Crippen LogP contribution in [0.2, 0.25) is 10.0 Å². The van der Waals surface area contributed by atoms with Crippen LogP contribution in [0.25, 0.3) is 0 Å². The van der Waals surface area contributed by atoms with Gasteiger partial charge < -0.3 is 19.5 Å². The van der Waals surface area contributed by atoms with Crippen molar-refractivity contribution in [3.05, 3.63) is 52.5 Å². The van der Waals surface area contributed by atoms with Crippen molar-refractivity contribution in [1.82, 2.24) is 0 Å². The molecule has 0 aromatic heterocycles. The maximum atomic E-state index is 9.08. The summed E-state index contributed by atoms with van der Waals surface area (Å²) in [4.78, 5) is 0. The topological polar surface area (TPSA) is 58.9 Å². The molecule has 0 radical (unpaired) electrons. The van der Waals surface area contributed by atoms with Crippen LogP contribution < -0.4 is 14.9 Å². The monoisotopic (exact) mass is 326 g/mol. The Morgan fingerprint density at radius 2 is 1.52 bits per heavy atom. The molecule has 0 aliphatic heterocycles. The van der Waals surface area contributed by atoms with Crippen LogP contribution in [0, 0.1) is 0 Å². The first-order valence-corrected chi connectivity index (χ1v) is 6.99. The van der Waals surface area contributed by atoms with Gasteiger partial charge in [0.15, 0.2) is 5.75 Å². The van der Waals surface area contributed by atoms with E-state index in [0.717, 1.165) is 0 Å². The molecule has 0 amide bonds. The van der Waals surface area contributed by atoms with Crippen molar-refractivity contribution < 1.29 is 19.5 Å². The molecule has 0 atom stereocenters. The zero-order valence-corrected chi connectivity index (χ0v) is 12.5. The summed E-state index contributed by atoms with van der Waals surface area (Å²) in [7, 11) is -1.52. The fourth-order valence-electron chi connectivity index (χ4n) is 1.69. The second-order valence-electron chi connectivity index (χ2n) is 4.19. The maximum absolute atomic E-state index is 9.08. The third kappa shape index (κ3) is 4.54. The molecule has 0 bridgehead atoms. The summed E-state index contributed by atoms with van der Waals surface area (Å²) in [5.41, 5.74) is 0.363. The first-order valence-electron chi connectivity index (χ1n) is 6.23. The standard InChI is InChI=1S/C14H13BCl2O4/c16-12-5-2-6-13(17)14(12)21-8-7-20-11-4-1-3-10(9-11)15(18)19/h1-6,9,18-19H,7-8H2. The molecule has 2 aromatic carbocycles. The Labute approximate surface area is 133 Å². The summed E-state index contributed by atoms with van der Waals surface area (Å²) in [6.45, 7) is 0.530. The molecule has 2 aromatic rings. The second kappa shape index (κ2) is 7.57. The molecular weight excluding hydrogens is 314 g/mol. The van der Waals surface area contributed by atoms with Gasteiger partial charge in [-0.3, -0.25) is 0 Å². The Balaban J connectivity index is 1.86. The lowest BCUT2D eigenvalue weighted by molar-refractivity contribution is 0.217. The highest BCUT2D eigenvalue weighted by Crippen LogP contribution is 2.32. The molecule has 0 aliphatic rings. The van der Waals surface area contributed by atoms with Crippen molar-refractivity contribution in [2.24, 2.45) is 0 Å². The first kappa shape index (κ1) is 16.0. The van der Waals surface area contributed by atoms with Gasteiger partial charge in [0.05, 0.1) is 10.0 Å². The van der Waals surface area contributed by atoms with Crippen molar-refractivity contribution >= 4 is 35.8 Å². The SMILES string of the molecule is OB(O)c1cccc(OCCOc2c(Cl)cccc2Cl)c1. The Bertz CT molecular complexity index is 587. The van der Waals surface area contributed by atoms with E-state index in [9.17, 15) is 0 Å². The van der Waals surface area contributed by atoms with Gasteiger partial charge in [-0.15, -0.1) is 0 Å². The lowest BCUT2D eigenvalue weighted by Gasteiger charge is -2.11. The molecule has 0 spiro atoms. The van der Waals surface area contributed by atoms with Crippen LogP contribution in [-0.4, -0.2) is 30.4 Å². The fraction of sp³-hybridized carbons (Fsp3) is 0.143. The van der Waals surface area contributed by atoms with Crippen molar-refractivity contribution in [2.45, 2.75) is 0 Å². The molecular formula is C14H13BCl2O4. The number of halogens is 2. The zero-order valence-electron chi connectivity index (χ0n) is 11.0. The van der Waals surface area contributed by atoms with Crippen LogP contribution in [0.1, 0.15) is 0 Å². The fourth-order valence-corrected chi connectivity index (χ4v) is 2.20. The van der Waals surface area contributed by atoms with Gasteiger partial charge in [0.1, 0.15) is 19.0 Å². The largest absolute Gasteiger partial charge is 0.490 e. The van der Waals surface area contributed by atoms with Gasteiger partial charge >= 0.3 is 7.12 Å². The number of benzene rings is 2. The van der Waals surface area contributed by atoms with E-state index in [-0.39, 0.29) is 13.2 Å². The normalized spacial score (nSPS) is 10.3. The molecule has 0 fully saturated rings. The molecule has 0 unspecified atom stereocenters. The van der Waals surface area contributed by atoms with Crippen molar-refractivity contribution in [2.75, 3.05) is 13.2 Å². The third-order valence-electron chi connectivity index (χ3n) is 2.67. The van der Waals surface area contributed by atoms with Crippen LogP contribution in [0.4, 0.5) is 0 Å². The molecule has 4 nitrogen and oxygen atoms in total. The minimum absolute atomic E-state index is 0.259. The Hall–Kier alpha value is -1.40. The van der Waals surface area contributed by atoms with Crippen LogP contribution >= 0.6 is 23.2 Å². The van der Waals surface area contributed by atoms with Crippen LogP contribution in [0.15, 0.2) is 42.5 Å².